The standard InChI is InChI=1S/C20H17Cl2F3N2O2/c1-2-27(19(29)10-7-13-11-14(21)8-9-16(13)22)12-18(28)26-17-6-4-3-5-15(17)20(23,24)25/h3-11H,2,12H2,1H3,(H,26,28)/b10-7+. The lowest BCUT2D eigenvalue weighted by atomic mass is 10.1. The van der Waals surface area contributed by atoms with Crippen molar-refractivity contribution >= 4 is 46.8 Å². The van der Waals surface area contributed by atoms with Gasteiger partial charge in [0.15, 0.2) is 0 Å². The van der Waals surface area contributed by atoms with Gasteiger partial charge in [0, 0.05) is 22.7 Å². The van der Waals surface area contributed by atoms with Gasteiger partial charge in [-0.05, 0) is 48.9 Å². The van der Waals surface area contributed by atoms with Crippen molar-refractivity contribution in [3.8, 4) is 0 Å². The van der Waals surface area contributed by atoms with Gasteiger partial charge in [-0.1, -0.05) is 35.3 Å². The normalized spacial score (nSPS) is 11.5. The highest BCUT2D eigenvalue weighted by Crippen LogP contribution is 2.34. The number of para-hydroxylation sites is 1. The van der Waals surface area contributed by atoms with Gasteiger partial charge in [-0.25, -0.2) is 0 Å². The van der Waals surface area contributed by atoms with E-state index in [-0.39, 0.29) is 12.2 Å². The van der Waals surface area contributed by atoms with Crippen molar-refractivity contribution in [3.63, 3.8) is 0 Å². The fourth-order valence-electron chi connectivity index (χ4n) is 2.46. The monoisotopic (exact) mass is 444 g/mol. The molecule has 2 aromatic carbocycles. The molecule has 2 aromatic rings. The SMILES string of the molecule is CCN(CC(=O)Nc1ccccc1C(F)(F)F)C(=O)/C=C/c1cc(Cl)ccc1Cl. The highest BCUT2D eigenvalue weighted by Gasteiger charge is 2.33. The molecule has 0 saturated carbocycles. The molecule has 0 unspecified atom stereocenters. The molecular formula is C20H17Cl2F3N2O2. The summed E-state index contributed by atoms with van der Waals surface area (Å²) in [5.74, 6) is -1.24. The number of nitrogens with one attached hydrogen (secondary N) is 1. The molecule has 0 aliphatic carbocycles. The summed E-state index contributed by atoms with van der Waals surface area (Å²) in [6.07, 6.45) is -1.93. The van der Waals surface area contributed by atoms with Crippen LogP contribution in [0, 0.1) is 0 Å². The van der Waals surface area contributed by atoms with Crippen LogP contribution in [0.1, 0.15) is 18.1 Å². The van der Waals surface area contributed by atoms with Gasteiger partial charge >= 0.3 is 6.18 Å². The van der Waals surface area contributed by atoms with Crippen molar-refractivity contribution in [3.05, 3.63) is 69.7 Å². The molecule has 0 atom stereocenters. The van der Waals surface area contributed by atoms with E-state index in [1.165, 1.54) is 29.2 Å². The first-order chi connectivity index (χ1) is 13.6. The van der Waals surface area contributed by atoms with Crippen molar-refractivity contribution in [2.24, 2.45) is 0 Å². The lowest BCUT2D eigenvalue weighted by Crippen LogP contribution is -2.37. The topological polar surface area (TPSA) is 49.4 Å². The van der Waals surface area contributed by atoms with Gasteiger partial charge in [0.05, 0.1) is 11.3 Å². The van der Waals surface area contributed by atoms with Crippen molar-refractivity contribution < 1.29 is 22.8 Å². The van der Waals surface area contributed by atoms with E-state index in [2.05, 4.69) is 5.32 Å². The molecule has 0 heterocycles. The van der Waals surface area contributed by atoms with Crippen LogP contribution < -0.4 is 5.32 Å². The number of alkyl halides is 3. The van der Waals surface area contributed by atoms with Gasteiger partial charge in [0.1, 0.15) is 6.54 Å². The third kappa shape index (κ3) is 6.51. The number of hydrogen-bond donors (Lipinski definition) is 1. The molecule has 0 spiro atoms. The van der Waals surface area contributed by atoms with Crippen molar-refractivity contribution in [1.82, 2.24) is 4.90 Å². The predicted octanol–water partition coefficient (Wildman–Crippen LogP) is 5.51. The summed E-state index contributed by atoms with van der Waals surface area (Å²) in [6, 6.07) is 9.39. The Morgan fingerprint density at radius 3 is 2.48 bits per heavy atom. The quantitative estimate of drug-likeness (QED) is 0.596. The number of carbonyl (C=O) groups excluding carboxylic acids is 2. The summed E-state index contributed by atoms with van der Waals surface area (Å²) in [5.41, 5.74) is -0.805. The number of rotatable bonds is 6. The molecule has 0 saturated heterocycles. The lowest BCUT2D eigenvalue weighted by Gasteiger charge is -2.19. The minimum absolute atomic E-state index is 0.181. The summed E-state index contributed by atoms with van der Waals surface area (Å²) in [5, 5.41) is 3.04. The average Bonchev–Trinajstić information content (AvgIpc) is 2.66. The van der Waals surface area contributed by atoms with Gasteiger partial charge in [0.2, 0.25) is 11.8 Å². The Bertz CT molecular complexity index is 930. The molecule has 29 heavy (non-hydrogen) atoms. The zero-order valence-corrected chi connectivity index (χ0v) is 16.8. The molecule has 2 rings (SSSR count). The van der Waals surface area contributed by atoms with E-state index in [4.69, 9.17) is 23.2 Å². The molecule has 9 heteroatoms. The maximum Gasteiger partial charge on any atom is 0.418 e. The van der Waals surface area contributed by atoms with E-state index in [9.17, 15) is 22.8 Å². The molecule has 0 aliphatic heterocycles. The van der Waals surface area contributed by atoms with Gasteiger partial charge in [0.25, 0.3) is 0 Å². The van der Waals surface area contributed by atoms with Crippen LogP contribution >= 0.6 is 23.2 Å². The van der Waals surface area contributed by atoms with Crippen molar-refractivity contribution in [1.29, 1.82) is 0 Å². The Hall–Kier alpha value is -2.51. The second-order valence-electron chi connectivity index (χ2n) is 5.94. The number of nitrogens with zero attached hydrogens (tertiary/aromatic N) is 1. The zero-order chi connectivity index (χ0) is 21.6. The number of anilines is 1. The Morgan fingerprint density at radius 1 is 1.14 bits per heavy atom. The number of halogens is 5. The van der Waals surface area contributed by atoms with E-state index < -0.39 is 30.1 Å². The van der Waals surface area contributed by atoms with Crippen molar-refractivity contribution in [2.45, 2.75) is 13.1 Å². The largest absolute Gasteiger partial charge is 0.418 e. The highest BCUT2D eigenvalue weighted by molar-refractivity contribution is 6.34. The average molecular weight is 445 g/mol. The summed E-state index contributed by atoms with van der Waals surface area (Å²) in [4.78, 5) is 25.7. The number of benzene rings is 2. The van der Waals surface area contributed by atoms with E-state index in [0.29, 0.717) is 15.6 Å². The van der Waals surface area contributed by atoms with Gasteiger partial charge in [-0.15, -0.1) is 0 Å². The molecule has 0 aliphatic rings. The van der Waals surface area contributed by atoms with Crippen LogP contribution in [0.3, 0.4) is 0 Å². The number of carbonyl (C=O) groups is 2. The first-order valence-corrected chi connectivity index (χ1v) is 9.25. The van der Waals surface area contributed by atoms with Gasteiger partial charge in [-0.2, -0.15) is 13.2 Å². The molecule has 0 radical (unpaired) electrons. The number of likely N-dealkylation sites (N-methyl/N-ethyl adjacent to an activating group) is 1. The molecule has 154 valence electrons. The maximum atomic E-state index is 13.0. The minimum atomic E-state index is -4.61. The van der Waals surface area contributed by atoms with Gasteiger partial charge in [-0.3, -0.25) is 9.59 Å². The molecule has 1 N–H and O–H groups in total. The van der Waals surface area contributed by atoms with E-state index >= 15 is 0 Å². The minimum Gasteiger partial charge on any atom is -0.330 e. The van der Waals surface area contributed by atoms with E-state index in [1.54, 1.807) is 25.1 Å². The first-order valence-electron chi connectivity index (χ1n) is 8.50. The van der Waals surface area contributed by atoms with Crippen LogP contribution in [0.15, 0.2) is 48.5 Å². The van der Waals surface area contributed by atoms with E-state index in [0.717, 1.165) is 12.1 Å². The summed E-state index contributed by atoms with van der Waals surface area (Å²) < 4.78 is 39.1. The second kappa shape index (κ2) is 9.80. The number of hydrogen-bond acceptors (Lipinski definition) is 2. The van der Waals surface area contributed by atoms with Crippen molar-refractivity contribution in [2.75, 3.05) is 18.4 Å². The third-order valence-corrected chi connectivity index (χ3v) is 4.48. The summed E-state index contributed by atoms with van der Waals surface area (Å²) >= 11 is 11.9. The highest BCUT2D eigenvalue weighted by atomic mass is 35.5. The van der Waals surface area contributed by atoms with Gasteiger partial charge < -0.3 is 10.2 Å². The Balaban J connectivity index is 2.08. The zero-order valence-electron chi connectivity index (χ0n) is 15.3. The molecule has 0 bridgehead atoms. The Kier molecular flexibility index (Phi) is 7.70. The van der Waals surface area contributed by atoms with Crippen LogP contribution in [-0.4, -0.2) is 29.8 Å². The molecule has 0 fully saturated rings. The Labute approximate surface area is 175 Å². The molecule has 4 nitrogen and oxygen atoms in total. The van der Waals surface area contributed by atoms with Crippen LogP contribution in [0.5, 0.6) is 0 Å². The number of amides is 2. The lowest BCUT2D eigenvalue weighted by molar-refractivity contribution is -0.137. The Morgan fingerprint density at radius 2 is 1.83 bits per heavy atom. The third-order valence-electron chi connectivity index (χ3n) is 3.90. The second-order valence-corrected chi connectivity index (χ2v) is 6.79. The smallest absolute Gasteiger partial charge is 0.330 e. The maximum absolute atomic E-state index is 13.0. The van der Waals surface area contributed by atoms with Crippen LogP contribution in [-0.2, 0) is 15.8 Å². The van der Waals surface area contributed by atoms with E-state index in [1.807, 2.05) is 0 Å². The first kappa shape index (κ1) is 22.8. The van der Waals surface area contributed by atoms with Crippen LogP contribution in [0.4, 0.5) is 18.9 Å². The van der Waals surface area contributed by atoms with Crippen LogP contribution in [0.25, 0.3) is 6.08 Å². The fraction of sp³-hybridized carbons (Fsp3) is 0.200. The predicted molar refractivity (Wildman–Crippen MR) is 108 cm³/mol. The summed E-state index contributed by atoms with van der Waals surface area (Å²) in [7, 11) is 0. The molecular weight excluding hydrogens is 428 g/mol. The molecule has 0 aromatic heterocycles. The van der Waals surface area contributed by atoms with Crippen LogP contribution in [0.2, 0.25) is 10.0 Å². The summed E-state index contributed by atoms with van der Waals surface area (Å²) in [6.45, 7) is 1.42. The molecule has 2 amide bonds. The fourth-order valence-corrected chi connectivity index (χ4v) is 2.82.